The molecule has 8 heteroatoms. The predicted octanol–water partition coefficient (Wildman–Crippen LogP) is 4.65. The normalized spacial score (nSPS) is 16.4. The highest BCUT2D eigenvalue weighted by Gasteiger charge is 2.24. The highest BCUT2D eigenvalue weighted by molar-refractivity contribution is 7.99. The Bertz CT molecular complexity index is 934. The van der Waals surface area contributed by atoms with Crippen LogP contribution in [0.1, 0.15) is 6.42 Å². The fraction of sp³-hybridized carbons (Fsp3) is 0.458. The summed E-state index contributed by atoms with van der Waals surface area (Å²) >= 11 is 8.14. The Balaban J connectivity index is 1.26. The SMILES string of the molecule is CN(C)C(=O)OCCN1CCN(CCCN2c3ccccc3Sc3ccc(Cl)cc32)CC1. The fourth-order valence-electron chi connectivity index (χ4n) is 4.12. The van der Waals surface area contributed by atoms with Crippen LogP contribution in [-0.2, 0) is 4.74 Å². The Morgan fingerprint density at radius 3 is 2.41 bits per heavy atom. The average Bonchev–Trinajstić information content (AvgIpc) is 2.79. The van der Waals surface area contributed by atoms with Crippen LogP contribution in [0, 0.1) is 0 Å². The molecule has 0 spiro atoms. The molecule has 0 N–H and O–H groups in total. The molecular formula is C24H31ClN4O2S. The van der Waals surface area contributed by atoms with Crippen LogP contribution in [0.3, 0.4) is 0 Å². The Hall–Kier alpha value is -1.93. The van der Waals surface area contributed by atoms with Gasteiger partial charge in [0.15, 0.2) is 0 Å². The summed E-state index contributed by atoms with van der Waals surface area (Å²) in [5.74, 6) is 0. The van der Waals surface area contributed by atoms with Crippen molar-refractivity contribution in [1.29, 1.82) is 0 Å². The van der Waals surface area contributed by atoms with E-state index in [1.54, 1.807) is 14.1 Å². The summed E-state index contributed by atoms with van der Waals surface area (Å²) in [5, 5.41) is 0.779. The monoisotopic (exact) mass is 474 g/mol. The van der Waals surface area contributed by atoms with E-state index in [0.29, 0.717) is 6.61 Å². The minimum Gasteiger partial charge on any atom is -0.448 e. The number of rotatable bonds is 7. The molecule has 0 radical (unpaired) electrons. The summed E-state index contributed by atoms with van der Waals surface area (Å²) in [6.07, 6.45) is 0.815. The summed E-state index contributed by atoms with van der Waals surface area (Å²) in [6, 6.07) is 14.8. The first kappa shape index (κ1) is 23.2. The van der Waals surface area contributed by atoms with Crippen molar-refractivity contribution in [2.45, 2.75) is 16.2 Å². The van der Waals surface area contributed by atoms with Crippen molar-refractivity contribution in [2.24, 2.45) is 0 Å². The van der Waals surface area contributed by atoms with Gasteiger partial charge >= 0.3 is 6.09 Å². The highest BCUT2D eigenvalue weighted by Crippen LogP contribution is 2.48. The molecule has 2 aliphatic heterocycles. The average molecular weight is 475 g/mol. The molecule has 2 aromatic rings. The molecule has 2 aliphatic rings. The van der Waals surface area contributed by atoms with E-state index >= 15 is 0 Å². The quantitative estimate of drug-likeness (QED) is 0.581. The molecular weight excluding hydrogens is 444 g/mol. The number of fused-ring (bicyclic) bond motifs is 2. The molecule has 0 bridgehead atoms. The van der Waals surface area contributed by atoms with E-state index in [1.807, 2.05) is 17.8 Å². The van der Waals surface area contributed by atoms with Gasteiger partial charge in [-0.15, -0.1) is 0 Å². The maximum absolute atomic E-state index is 11.5. The molecule has 1 amide bonds. The van der Waals surface area contributed by atoms with Gasteiger partial charge < -0.3 is 19.4 Å². The predicted molar refractivity (Wildman–Crippen MR) is 132 cm³/mol. The zero-order chi connectivity index (χ0) is 22.5. The second-order valence-corrected chi connectivity index (χ2v) is 9.90. The van der Waals surface area contributed by atoms with Crippen LogP contribution in [0.25, 0.3) is 0 Å². The molecule has 4 rings (SSSR count). The summed E-state index contributed by atoms with van der Waals surface area (Å²) in [4.78, 5) is 22.9. The topological polar surface area (TPSA) is 39.3 Å². The van der Waals surface area contributed by atoms with Crippen LogP contribution in [0.2, 0.25) is 5.02 Å². The second-order valence-electron chi connectivity index (χ2n) is 8.38. The maximum Gasteiger partial charge on any atom is 0.409 e. The first-order valence-corrected chi connectivity index (χ1v) is 12.3. The van der Waals surface area contributed by atoms with Crippen LogP contribution < -0.4 is 4.90 Å². The second kappa shape index (κ2) is 10.8. The van der Waals surface area contributed by atoms with Gasteiger partial charge in [-0.05, 0) is 43.3 Å². The zero-order valence-corrected chi connectivity index (χ0v) is 20.4. The van der Waals surface area contributed by atoms with Crippen molar-refractivity contribution in [2.75, 3.05) is 71.4 Å². The third-order valence-corrected chi connectivity index (χ3v) is 7.27. The lowest BCUT2D eigenvalue weighted by Gasteiger charge is -2.36. The molecule has 0 aliphatic carbocycles. The number of carbonyl (C=O) groups excluding carboxylic acids is 1. The summed E-state index contributed by atoms with van der Waals surface area (Å²) in [6.45, 7) is 7.42. The van der Waals surface area contributed by atoms with Crippen molar-refractivity contribution in [3.8, 4) is 0 Å². The number of ether oxygens (including phenoxy) is 1. The van der Waals surface area contributed by atoms with E-state index in [2.05, 4.69) is 51.1 Å². The van der Waals surface area contributed by atoms with Crippen molar-refractivity contribution in [1.82, 2.24) is 14.7 Å². The minimum atomic E-state index is -0.274. The number of hydrogen-bond acceptors (Lipinski definition) is 6. The van der Waals surface area contributed by atoms with E-state index in [9.17, 15) is 4.79 Å². The number of halogens is 1. The van der Waals surface area contributed by atoms with E-state index in [-0.39, 0.29) is 6.09 Å². The van der Waals surface area contributed by atoms with Gasteiger partial charge in [0.05, 0.1) is 11.4 Å². The molecule has 1 fully saturated rings. The van der Waals surface area contributed by atoms with Crippen LogP contribution in [0.4, 0.5) is 16.2 Å². The number of benzene rings is 2. The molecule has 0 saturated carbocycles. The molecule has 172 valence electrons. The molecule has 2 aromatic carbocycles. The lowest BCUT2D eigenvalue weighted by atomic mass is 10.2. The van der Waals surface area contributed by atoms with Gasteiger partial charge in [0.25, 0.3) is 0 Å². The lowest BCUT2D eigenvalue weighted by Crippen LogP contribution is -2.48. The van der Waals surface area contributed by atoms with E-state index in [1.165, 1.54) is 26.1 Å². The molecule has 0 aromatic heterocycles. The zero-order valence-electron chi connectivity index (χ0n) is 18.8. The van der Waals surface area contributed by atoms with Gasteiger partial charge in [0, 0.05) is 68.2 Å². The number of carbonyl (C=O) groups is 1. The smallest absolute Gasteiger partial charge is 0.409 e. The molecule has 2 heterocycles. The highest BCUT2D eigenvalue weighted by atomic mass is 35.5. The van der Waals surface area contributed by atoms with E-state index in [0.717, 1.165) is 57.3 Å². The summed E-state index contributed by atoms with van der Waals surface area (Å²) < 4.78 is 5.25. The minimum absolute atomic E-state index is 0.274. The first-order chi connectivity index (χ1) is 15.5. The van der Waals surface area contributed by atoms with E-state index < -0.39 is 0 Å². The Labute approximate surface area is 200 Å². The molecule has 32 heavy (non-hydrogen) atoms. The number of anilines is 2. The Morgan fingerprint density at radius 1 is 0.969 bits per heavy atom. The van der Waals surface area contributed by atoms with Crippen LogP contribution >= 0.6 is 23.4 Å². The van der Waals surface area contributed by atoms with Gasteiger partial charge in [0.1, 0.15) is 6.61 Å². The van der Waals surface area contributed by atoms with Gasteiger partial charge in [-0.25, -0.2) is 4.79 Å². The Morgan fingerprint density at radius 2 is 1.66 bits per heavy atom. The summed E-state index contributed by atoms with van der Waals surface area (Å²) in [7, 11) is 3.41. The number of amides is 1. The van der Waals surface area contributed by atoms with Crippen molar-refractivity contribution < 1.29 is 9.53 Å². The standard InChI is InChI=1S/C24H31ClN4O2S/c1-26(2)24(30)31-17-16-28-14-12-27(13-15-28)10-5-11-29-20-6-3-4-7-22(20)32-23-9-8-19(25)18-21(23)29/h3-4,6-9,18H,5,10-17H2,1-2H3. The van der Waals surface area contributed by atoms with Crippen LogP contribution in [0.5, 0.6) is 0 Å². The number of para-hydroxylation sites is 1. The third-order valence-electron chi connectivity index (χ3n) is 5.91. The third kappa shape index (κ3) is 5.70. The lowest BCUT2D eigenvalue weighted by molar-refractivity contribution is 0.0833. The van der Waals surface area contributed by atoms with Crippen LogP contribution in [-0.4, -0.2) is 87.3 Å². The molecule has 0 unspecified atom stereocenters. The number of hydrogen-bond donors (Lipinski definition) is 0. The van der Waals surface area contributed by atoms with Gasteiger partial charge in [0.2, 0.25) is 0 Å². The molecule has 6 nitrogen and oxygen atoms in total. The summed E-state index contributed by atoms with van der Waals surface area (Å²) in [5.41, 5.74) is 2.47. The fourth-order valence-corrected chi connectivity index (χ4v) is 5.37. The van der Waals surface area contributed by atoms with Crippen molar-refractivity contribution in [3.05, 3.63) is 47.5 Å². The van der Waals surface area contributed by atoms with Gasteiger partial charge in [-0.1, -0.05) is 35.5 Å². The van der Waals surface area contributed by atoms with Gasteiger partial charge in [-0.3, -0.25) is 4.90 Å². The number of piperazine rings is 1. The molecule has 0 atom stereocenters. The first-order valence-electron chi connectivity index (χ1n) is 11.1. The van der Waals surface area contributed by atoms with Crippen LogP contribution in [0.15, 0.2) is 52.3 Å². The Kier molecular flexibility index (Phi) is 7.84. The number of nitrogens with zero attached hydrogens (tertiary/aromatic N) is 4. The largest absolute Gasteiger partial charge is 0.448 e. The van der Waals surface area contributed by atoms with Crippen molar-refractivity contribution >= 4 is 40.8 Å². The maximum atomic E-state index is 11.5. The van der Waals surface area contributed by atoms with Gasteiger partial charge in [-0.2, -0.15) is 0 Å². The van der Waals surface area contributed by atoms with E-state index in [4.69, 9.17) is 16.3 Å². The van der Waals surface area contributed by atoms with Crippen molar-refractivity contribution in [3.63, 3.8) is 0 Å². The molecule has 1 saturated heterocycles.